The Kier molecular flexibility index (Phi) is 9.46. The fourth-order valence-corrected chi connectivity index (χ4v) is 4.25. The Morgan fingerprint density at radius 3 is 1.43 bits per heavy atom. The second-order valence-electron chi connectivity index (χ2n) is 9.18. The van der Waals surface area contributed by atoms with Crippen LogP contribution in [-0.2, 0) is 43.5 Å². The third-order valence-corrected chi connectivity index (χ3v) is 5.99. The molecule has 1 saturated heterocycles. The number of ether oxygens (including phenoxy) is 5. The van der Waals surface area contributed by atoms with Crippen LogP contribution < -0.4 is 0 Å². The molecule has 35 heavy (non-hydrogen) atoms. The average molecular weight is 477 g/mol. The zero-order valence-corrected chi connectivity index (χ0v) is 20.8. The van der Waals surface area contributed by atoms with Gasteiger partial charge in [0, 0.05) is 0 Å². The highest BCUT2D eigenvalue weighted by Crippen LogP contribution is 2.31. The normalized spacial score (nSPS) is 24.5. The van der Waals surface area contributed by atoms with E-state index < -0.39 is 12.4 Å². The number of rotatable bonds is 11. The topological polar surface area (TPSA) is 46.2 Å². The minimum atomic E-state index is -0.564. The van der Waals surface area contributed by atoms with Crippen LogP contribution >= 0.6 is 0 Å². The molecule has 1 fully saturated rings. The van der Waals surface area contributed by atoms with Crippen molar-refractivity contribution in [3.05, 3.63) is 108 Å². The van der Waals surface area contributed by atoms with Crippen molar-refractivity contribution >= 4 is 0 Å². The monoisotopic (exact) mass is 476 g/mol. The van der Waals surface area contributed by atoms with E-state index in [1.807, 2.05) is 87.5 Å². The maximum atomic E-state index is 6.54. The van der Waals surface area contributed by atoms with Crippen molar-refractivity contribution in [1.29, 1.82) is 0 Å². The van der Waals surface area contributed by atoms with Crippen LogP contribution in [0.25, 0.3) is 0 Å². The Bertz CT molecular complexity index is 979. The van der Waals surface area contributed by atoms with Gasteiger partial charge in [-0.25, -0.2) is 0 Å². The maximum Gasteiger partial charge on any atom is 0.187 e. The molecule has 0 aromatic heterocycles. The molecule has 4 rings (SSSR count). The standard InChI is InChI=1S/C30H36O5/c1-22(2)34-30-29(33-21-26-17-11-6-12-18-26)28(32-20-25-15-9-5-10-16-25)27(23(3)35-30)31-19-24-13-7-4-8-14-24/h4-18,22-23,27-30H,19-21H2,1-3H3/t23-,27-,28+,29+,30?/m0/s1. The van der Waals surface area contributed by atoms with E-state index >= 15 is 0 Å². The quantitative estimate of drug-likeness (QED) is 0.344. The van der Waals surface area contributed by atoms with E-state index in [4.69, 9.17) is 23.7 Å². The minimum Gasteiger partial charge on any atom is -0.368 e. The number of benzene rings is 3. The molecule has 0 N–H and O–H groups in total. The fourth-order valence-electron chi connectivity index (χ4n) is 4.25. The molecule has 1 heterocycles. The van der Waals surface area contributed by atoms with E-state index in [1.165, 1.54) is 0 Å². The predicted octanol–water partition coefficient (Wildman–Crippen LogP) is 5.91. The summed E-state index contributed by atoms with van der Waals surface area (Å²) in [4.78, 5) is 0. The molecule has 0 saturated carbocycles. The Hall–Kier alpha value is -2.54. The van der Waals surface area contributed by atoms with Crippen LogP contribution in [0, 0.1) is 0 Å². The maximum absolute atomic E-state index is 6.54. The molecule has 1 aliphatic rings. The Balaban J connectivity index is 1.57. The molecule has 1 unspecified atom stereocenters. The van der Waals surface area contributed by atoms with Crippen LogP contribution in [0.4, 0.5) is 0 Å². The summed E-state index contributed by atoms with van der Waals surface area (Å²) >= 11 is 0. The van der Waals surface area contributed by atoms with Gasteiger partial charge in [-0.15, -0.1) is 0 Å². The molecule has 0 radical (unpaired) electrons. The Labute approximate surface area is 208 Å². The molecule has 0 aliphatic carbocycles. The zero-order valence-electron chi connectivity index (χ0n) is 20.8. The summed E-state index contributed by atoms with van der Waals surface area (Å²) < 4.78 is 31.9. The summed E-state index contributed by atoms with van der Waals surface area (Å²) in [6, 6.07) is 30.4. The summed E-state index contributed by atoms with van der Waals surface area (Å²) in [5, 5.41) is 0. The van der Waals surface area contributed by atoms with Crippen LogP contribution in [0.5, 0.6) is 0 Å². The van der Waals surface area contributed by atoms with Gasteiger partial charge in [0.15, 0.2) is 6.29 Å². The first-order valence-corrected chi connectivity index (χ1v) is 12.4. The molecular weight excluding hydrogens is 440 g/mol. The summed E-state index contributed by atoms with van der Waals surface area (Å²) in [6.45, 7) is 7.35. The van der Waals surface area contributed by atoms with E-state index in [0.29, 0.717) is 19.8 Å². The first kappa shape index (κ1) is 25.5. The van der Waals surface area contributed by atoms with E-state index in [1.54, 1.807) is 0 Å². The highest BCUT2D eigenvalue weighted by Gasteiger charge is 2.47. The molecule has 5 heteroatoms. The lowest BCUT2D eigenvalue weighted by atomic mass is 9.98. The molecule has 5 nitrogen and oxygen atoms in total. The second-order valence-corrected chi connectivity index (χ2v) is 9.18. The Morgan fingerprint density at radius 2 is 1.00 bits per heavy atom. The van der Waals surface area contributed by atoms with Gasteiger partial charge in [-0.05, 0) is 37.5 Å². The highest BCUT2D eigenvalue weighted by atomic mass is 16.7. The average Bonchev–Trinajstić information content (AvgIpc) is 2.88. The third-order valence-electron chi connectivity index (χ3n) is 5.99. The lowest BCUT2D eigenvalue weighted by Crippen LogP contribution is -2.60. The molecule has 3 aromatic carbocycles. The summed E-state index contributed by atoms with van der Waals surface area (Å²) in [5.41, 5.74) is 3.28. The van der Waals surface area contributed by atoms with Crippen LogP contribution in [0.1, 0.15) is 37.5 Å². The van der Waals surface area contributed by atoms with Gasteiger partial charge in [-0.2, -0.15) is 0 Å². The van der Waals surface area contributed by atoms with Gasteiger partial charge >= 0.3 is 0 Å². The van der Waals surface area contributed by atoms with Gasteiger partial charge in [-0.1, -0.05) is 91.0 Å². The van der Waals surface area contributed by atoms with Crippen molar-refractivity contribution in [3.8, 4) is 0 Å². The summed E-state index contributed by atoms with van der Waals surface area (Å²) in [5.74, 6) is 0. The van der Waals surface area contributed by atoms with Crippen molar-refractivity contribution in [2.45, 2.75) is 77.4 Å². The lowest BCUT2D eigenvalue weighted by molar-refractivity contribution is -0.326. The molecule has 0 bridgehead atoms. The first-order valence-electron chi connectivity index (χ1n) is 12.4. The smallest absolute Gasteiger partial charge is 0.187 e. The van der Waals surface area contributed by atoms with Gasteiger partial charge in [0.2, 0.25) is 0 Å². The predicted molar refractivity (Wildman–Crippen MR) is 136 cm³/mol. The van der Waals surface area contributed by atoms with E-state index in [2.05, 4.69) is 24.3 Å². The van der Waals surface area contributed by atoms with E-state index in [0.717, 1.165) is 16.7 Å². The first-order chi connectivity index (χ1) is 17.1. The van der Waals surface area contributed by atoms with Gasteiger partial charge < -0.3 is 23.7 Å². The number of hydrogen-bond donors (Lipinski definition) is 0. The van der Waals surface area contributed by atoms with E-state index in [9.17, 15) is 0 Å². The van der Waals surface area contributed by atoms with Crippen LogP contribution in [0.3, 0.4) is 0 Å². The van der Waals surface area contributed by atoms with Gasteiger partial charge in [0.25, 0.3) is 0 Å². The molecule has 5 atom stereocenters. The van der Waals surface area contributed by atoms with Crippen molar-refractivity contribution < 1.29 is 23.7 Å². The molecule has 186 valence electrons. The fraction of sp³-hybridized carbons (Fsp3) is 0.400. The minimum absolute atomic E-state index is 0.0217. The van der Waals surface area contributed by atoms with Crippen molar-refractivity contribution in [3.63, 3.8) is 0 Å². The molecule has 0 amide bonds. The van der Waals surface area contributed by atoms with Crippen molar-refractivity contribution in [2.75, 3.05) is 0 Å². The van der Waals surface area contributed by atoms with Crippen LogP contribution in [0.2, 0.25) is 0 Å². The molecule has 0 spiro atoms. The van der Waals surface area contributed by atoms with Crippen molar-refractivity contribution in [2.24, 2.45) is 0 Å². The second kappa shape index (κ2) is 13.0. The lowest BCUT2D eigenvalue weighted by Gasteiger charge is -2.45. The Morgan fingerprint density at radius 1 is 0.600 bits per heavy atom. The molecule has 3 aromatic rings. The van der Waals surface area contributed by atoms with Crippen LogP contribution in [-0.4, -0.2) is 36.8 Å². The summed E-state index contributed by atoms with van der Waals surface area (Å²) in [6.07, 6.45) is -1.99. The van der Waals surface area contributed by atoms with Gasteiger partial charge in [-0.3, -0.25) is 0 Å². The highest BCUT2D eigenvalue weighted by molar-refractivity contribution is 5.15. The molecule has 1 aliphatic heterocycles. The van der Waals surface area contributed by atoms with Crippen molar-refractivity contribution in [1.82, 2.24) is 0 Å². The molecular formula is C30H36O5. The van der Waals surface area contributed by atoms with Crippen LogP contribution in [0.15, 0.2) is 91.0 Å². The summed E-state index contributed by atoms with van der Waals surface area (Å²) in [7, 11) is 0. The van der Waals surface area contributed by atoms with E-state index in [-0.39, 0.29) is 24.4 Å². The zero-order chi connectivity index (χ0) is 24.5. The largest absolute Gasteiger partial charge is 0.368 e. The third kappa shape index (κ3) is 7.47. The van der Waals surface area contributed by atoms with Gasteiger partial charge in [0.05, 0.1) is 32.0 Å². The SMILES string of the molecule is CC(C)OC1O[C@@H](C)[C@H](OCc2ccccc2)[C@@H](OCc2ccccc2)[C@H]1OCc1ccccc1. The van der Waals surface area contributed by atoms with Gasteiger partial charge in [0.1, 0.15) is 18.3 Å². The number of hydrogen-bond acceptors (Lipinski definition) is 5.